The number of carbonyl (C=O) groups excluding carboxylic acids is 1. The third kappa shape index (κ3) is 3.48. The van der Waals surface area contributed by atoms with Crippen molar-refractivity contribution < 1.29 is 13.9 Å². The van der Waals surface area contributed by atoms with Gasteiger partial charge in [0.25, 0.3) is 5.89 Å². The van der Waals surface area contributed by atoms with Crippen molar-refractivity contribution in [1.29, 1.82) is 0 Å². The second-order valence-electron chi connectivity index (χ2n) is 5.27. The molecule has 0 N–H and O–H groups in total. The van der Waals surface area contributed by atoms with E-state index in [1.807, 2.05) is 51.1 Å². The van der Waals surface area contributed by atoms with Crippen LogP contribution >= 0.6 is 11.3 Å². The van der Waals surface area contributed by atoms with Crippen molar-refractivity contribution in [3.05, 3.63) is 57.1 Å². The molecule has 0 saturated carbocycles. The van der Waals surface area contributed by atoms with E-state index in [2.05, 4.69) is 10.2 Å². The molecule has 5 nitrogen and oxygen atoms in total. The minimum absolute atomic E-state index is 0.0357. The van der Waals surface area contributed by atoms with E-state index in [9.17, 15) is 4.79 Å². The van der Waals surface area contributed by atoms with Gasteiger partial charge in [-0.3, -0.25) is 0 Å². The smallest absolute Gasteiger partial charge is 0.339 e. The number of nitrogens with zero attached hydrogens (tertiary/aromatic N) is 2. The number of rotatable bonds is 4. The number of carbonyl (C=O) groups is 1. The van der Waals surface area contributed by atoms with Gasteiger partial charge >= 0.3 is 5.97 Å². The molecule has 3 aromatic rings. The van der Waals surface area contributed by atoms with Gasteiger partial charge < -0.3 is 9.15 Å². The third-order valence-corrected chi connectivity index (χ3v) is 4.29. The molecule has 0 unspecified atom stereocenters. The Bertz CT molecular complexity index is 851. The van der Waals surface area contributed by atoms with Crippen molar-refractivity contribution in [2.75, 3.05) is 0 Å². The van der Waals surface area contributed by atoms with Gasteiger partial charge in [0.15, 0.2) is 6.61 Å². The lowest BCUT2D eigenvalue weighted by molar-refractivity contribution is 0.0438. The zero-order valence-electron chi connectivity index (χ0n) is 13.1. The summed E-state index contributed by atoms with van der Waals surface area (Å²) in [6, 6.07) is 9.60. The monoisotopic (exact) mass is 328 g/mol. The fourth-order valence-electron chi connectivity index (χ4n) is 2.25. The summed E-state index contributed by atoms with van der Waals surface area (Å²) >= 11 is 1.57. The number of hydrogen-bond donors (Lipinski definition) is 0. The van der Waals surface area contributed by atoms with Crippen molar-refractivity contribution >= 4 is 17.3 Å². The highest BCUT2D eigenvalue weighted by molar-refractivity contribution is 7.12. The molecule has 23 heavy (non-hydrogen) atoms. The Kier molecular flexibility index (Phi) is 4.25. The number of aromatic nitrogens is 2. The first-order valence-corrected chi connectivity index (χ1v) is 7.98. The van der Waals surface area contributed by atoms with Gasteiger partial charge in [0.05, 0.1) is 5.56 Å². The molecule has 0 amide bonds. The molecule has 3 rings (SSSR count). The van der Waals surface area contributed by atoms with Crippen LogP contribution in [-0.2, 0) is 11.3 Å². The number of benzene rings is 1. The highest BCUT2D eigenvalue weighted by Crippen LogP contribution is 2.22. The standard InChI is InChI=1S/C17H16N2O3S/c1-10-5-4-6-13(7-10)16-19-18-15(22-16)9-21-17(20)14-8-11(2)23-12(14)3/h4-8H,9H2,1-3H3. The minimum atomic E-state index is -0.373. The molecule has 0 spiro atoms. The predicted octanol–water partition coefficient (Wildman–Crippen LogP) is 4.08. The molecule has 0 radical (unpaired) electrons. The van der Waals surface area contributed by atoms with E-state index in [0.717, 1.165) is 20.9 Å². The molecule has 0 aliphatic heterocycles. The second kappa shape index (κ2) is 6.34. The maximum atomic E-state index is 12.1. The van der Waals surface area contributed by atoms with E-state index >= 15 is 0 Å². The zero-order chi connectivity index (χ0) is 16.4. The molecule has 0 fully saturated rings. The Morgan fingerprint density at radius 2 is 2.04 bits per heavy atom. The molecule has 0 aliphatic carbocycles. The van der Waals surface area contributed by atoms with Gasteiger partial charge in [-0.25, -0.2) is 4.79 Å². The number of esters is 1. The maximum Gasteiger partial charge on any atom is 0.339 e. The highest BCUT2D eigenvalue weighted by Gasteiger charge is 2.15. The van der Waals surface area contributed by atoms with E-state index in [4.69, 9.17) is 9.15 Å². The third-order valence-electron chi connectivity index (χ3n) is 3.32. The lowest BCUT2D eigenvalue weighted by Gasteiger charge is -2.01. The largest absolute Gasteiger partial charge is 0.452 e. The average Bonchev–Trinajstić information content (AvgIpc) is 3.11. The lowest BCUT2D eigenvalue weighted by Crippen LogP contribution is -2.05. The summed E-state index contributed by atoms with van der Waals surface area (Å²) in [6.45, 7) is 5.82. The van der Waals surface area contributed by atoms with E-state index in [1.165, 1.54) is 0 Å². The summed E-state index contributed by atoms with van der Waals surface area (Å²) < 4.78 is 10.8. The SMILES string of the molecule is Cc1cccc(-c2nnc(COC(=O)c3cc(C)sc3C)o2)c1. The van der Waals surface area contributed by atoms with Gasteiger partial charge in [0.2, 0.25) is 5.89 Å². The van der Waals surface area contributed by atoms with Gasteiger partial charge in [-0.15, -0.1) is 21.5 Å². The summed E-state index contributed by atoms with van der Waals surface area (Å²) in [5, 5.41) is 7.92. The second-order valence-corrected chi connectivity index (χ2v) is 6.73. The summed E-state index contributed by atoms with van der Waals surface area (Å²) in [5.74, 6) is 0.323. The molecule has 118 valence electrons. The van der Waals surface area contributed by atoms with E-state index in [-0.39, 0.29) is 18.5 Å². The van der Waals surface area contributed by atoms with Crippen molar-refractivity contribution in [2.45, 2.75) is 27.4 Å². The molecular formula is C17H16N2O3S. The van der Waals surface area contributed by atoms with Crippen LogP contribution in [0.1, 0.15) is 31.6 Å². The predicted molar refractivity (Wildman–Crippen MR) is 87.4 cm³/mol. The number of hydrogen-bond acceptors (Lipinski definition) is 6. The molecule has 6 heteroatoms. The molecule has 0 bridgehead atoms. The number of thiophene rings is 1. The van der Waals surface area contributed by atoms with Crippen LogP contribution < -0.4 is 0 Å². The number of aryl methyl sites for hydroxylation is 3. The Labute approximate surface area is 137 Å². The van der Waals surface area contributed by atoms with Crippen LogP contribution in [0.2, 0.25) is 0 Å². The van der Waals surface area contributed by atoms with E-state index < -0.39 is 0 Å². The molecular weight excluding hydrogens is 312 g/mol. The van der Waals surface area contributed by atoms with Crippen LogP contribution in [-0.4, -0.2) is 16.2 Å². The fourth-order valence-corrected chi connectivity index (χ4v) is 3.16. The number of ether oxygens (including phenoxy) is 1. The summed E-state index contributed by atoms with van der Waals surface area (Å²) in [6.07, 6.45) is 0. The van der Waals surface area contributed by atoms with Crippen LogP contribution in [0.3, 0.4) is 0 Å². The first-order valence-electron chi connectivity index (χ1n) is 7.16. The Morgan fingerprint density at radius 1 is 1.22 bits per heavy atom. The van der Waals surface area contributed by atoms with Gasteiger partial charge in [0.1, 0.15) is 0 Å². The van der Waals surface area contributed by atoms with E-state index in [0.29, 0.717) is 11.5 Å². The van der Waals surface area contributed by atoms with Crippen molar-refractivity contribution in [3.63, 3.8) is 0 Å². The molecule has 1 aromatic carbocycles. The first kappa shape index (κ1) is 15.4. The average molecular weight is 328 g/mol. The van der Waals surface area contributed by atoms with Crippen LogP contribution in [0.4, 0.5) is 0 Å². The Balaban J connectivity index is 1.68. The quantitative estimate of drug-likeness (QED) is 0.675. The summed E-state index contributed by atoms with van der Waals surface area (Å²) in [7, 11) is 0. The molecule has 0 saturated heterocycles. The summed E-state index contributed by atoms with van der Waals surface area (Å²) in [5.41, 5.74) is 2.54. The summed E-state index contributed by atoms with van der Waals surface area (Å²) in [4.78, 5) is 14.1. The van der Waals surface area contributed by atoms with Gasteiger partial charge in [0, 0.05) is 15.3 Å². The Morgan fingerprint density at radius 3 is 2.74 bits per heavy atom. The Hall–Kier alpha value is -2.47. The van der Waals surface area contributed by atoms with Gasteiger partial charge in [-0.2, -0.15) is 0 Å². The van der Waals surface area contributed by atoms with Gasteiger partial charge in [-0.05, 0) is 39.0 Å². The normalized spacial score (nSPS) is 10.7. The van der Waals surface area contributed by atoms with E-state index in [1.54, 1.807) is 11.3 Å². The van der Waals surface area contributed by atoms with Crippen LogP contribution in [0.5, 0.6) is 0 Å². The molecule has 2 aromatic heterocycles. The van der Waals surface area contributed by atoms with Crippen LogP contribution in [0, 0.1) is 20.8 Å². The topological polar surface area (TPSA) is 65.2 Å². The lowest BCUT2D eigenvalue weighted by atomic mass is 10.1. The molecule has 0 aliphatic rings. The highest BCUT2D eigenvalue weighted by atomic mass is 32.1. The van der Waals surface area contributed by atoms with Crippen molar-refractivity contribution in [3.8, 4) is 11.5 Å². The molecule has 0 atom stereocenters. The maximum absolute atomic E-state index is 12.1. The first-order chi connectivity index (χ1) is 11.0. The molecule has 2 heterocycles. The fraction of sp³-hybridized carbons (Fsp3) is 0.235. The van der Waals surface area contributed by atoms with Crippen molar-refractivity contribution in [2.24, 2.45) is 0 Å². The van der Waals surface area contributed by atoms with Crippen LogP contribution in [0.15, 0.2) is 34.7 Å². The van der Waals surface area contributed by atoms with Crippen molar-refractivity contribution in [1.82, 2.24) is 10.2 Å². The zero-order valence-corrected chi connectivity index (χ0v) is 13.9. The van der Waals surface area contributed by atoms with Gasteiger partial charge in [-0.1, -0.05) is 17.7 Å². The minimum Gasteiger partial charge on any atom is -0.452 e. The van der Waals surface area contributed by atoms with Crippen LogP contribution in [0.25, 0.3) is 11.5 Å².